The highest BCUT2D eigenvalue weighted by Gasteiger charge is 2.36. The average Bonchev–Trinajstić information content (AvgIpc) is 3.39. The van der Waals surface area contributed by atoms with Gasteiger partial charge in [-0.25, -0.2) is 9.97 Å². The first-order valence-corrected chi connectivity index (χ1v) is 11.6. The van der Waals surface area contributed by atoms with Crippen molar-refractivity contribution in [3.63, 3.8) is 0 Å². The summed E-state index contributed by atoms with van der Waals surface area (Å²) in [6.07, 6.45) is 5.63. The zero-order valence-electron chi connectivity index (χ0n) is 19.5. The Morgan fingerprint density at radius 3 is 2.94 bits per heavy atom. The van der Waals surface area contributed by atoms with E-state index < -0.39 is 5.41 Å². The molecular formula is C25H29N7O2. The van der Waals surface area contributed by atoms with Gasteiger partial charge in [0.1, 0.15) is 6.07 Å². The summed E-state index contributed by atoms with van der Waals surface area (Å²) in [4.78, 5) is 9.10. The Hall–Kier alpha value is -3.48. The van der Waals surface area contributed by atoms with E-state index in [9.17, 15) is 10.4 Å². The molecule has 5 rings (SSSR count). The fourth-order valence-electron chi connectivity index (χ4n) is 4.69. The Morgan fingerprint density at radius 2 is 2.18 bits per heavy atom. The van der Waals surface area contributed by atoms with E-state index in [1.165, 1.54) is 0 Å². The van der Waals surface area contributed by atoms with Gasteiger partial charge >= 0.3 is 0 Å². The van der Waals surface area contributed by atoms with Crippen molar-refractivity contribution in [3.05, 3.63) is 47.4 Å². The van der Waals surface area contributed by atoms with Crippen LogP contribution in [0.25, 0.3) is 11.3 Å². The van der Waals surface area contributed by atoms with E-state index in [-0.39, 0.29) is 6.61 Å². The third-order valence-corrected chi connectivity index (χ3v) is 6.99. The summed E-state index contributed by atoms with van der Waals surface area (Å²) in [5.74, 6) is 1.04. The van der Waals surface area contributed by atoms with Crippen LogP contribution in [0.2, 0.25) is 0 Å². The van der Waals surface area contributed by atoms with E-state index in [4.69, 9.17) is 9.72 Å². The lowest BCUT2D eigenvalue weighted by Crippen LogP contribution is -2.28. The van der Waals surface area contributed by atoms with Crippen molar-refractivity contribution in [1.29, 1.82) is 5.26 Å². The number of aliphatic hydroxyl groups is 1. The maximum atomic E-state index is 9.96. The number of nitriles is 1. The molecule has 34 heavy (non-hydrogen) atoms. The smallest absolute Gasteiger partial charge is 0.227 e. The van der Waals surface area contributed by atoms with Crippen LogP contribution in [0.1, 0.15) is 36.6 Å². The number of nitrogens with zero attached hydrogens (tertiary/aromatic N) is 5. The van der Waals surface area contributed by atoms with Crippen LogP contribution < -0.4 is 10.6 Å². The Kier molecular flexibility index (Phi) is 5.94. The number of anilines is 3. The molecule has 3 N–H and O–H groups in total. The highest BCUT2D eigenvalue weighted by atomic mass is 16.5. The summed E-state index contributed by atoms with van der Waals surface area (Å²) in [5.41, 5.74) is 5.25. The molecule has 9 heteroatoms. The van der Waals surface area contributed by atoms with Crippen LogP contribution in [-0.2, 0) is 16.7 Å². The minimum Gasteiger partial charge on any atom is -0.395 e. The van der Waals surface area contributed by atoms with Crippen LogP contribution in [0.3, 0.4) is 0 Å². The second-order valence-electron chi connectivity index (χ2n) is 9.40. The number of benzene rings is 1. The second kappa shape index (κ2) is 9.05. The van der Waals surface area contributed by atoms with Crippen LogP contribution in [0.15, 0.2) is 30.6 Å². The normalized spacial score (nSPS) is 19.9. The summed E-state index contributed by atoms with van der Waals surface area (Å²) in [5, 5.41) is 30.8. The van der Waals surface area contributed by atoms with Gasteiger partial charge in [0.05, 0.1) is 41.1 Å². The quantitative estimate of drug-likeness (QED) is 0.513. The molecule has 1 fully saturated rings. The summed E-state index contributed by atoms with van der Waals surface area (Å²) < 4.78 is 7.50. The first kappa shape index (κ1) is 22.3. The topological polar surface area (TPSA) is 121 Å². The molecule has 0 radical (unpaired) electrons. The first-order chi connectivity index (χ1) is 16.5. The predicted octanol–water partition coefficient (Wildman–Crippen LogP) is 3.37. The van der Waals surface area contributed by atoms with Gasteiger partial charge in [-0.2, -0.15) is 10.4 Å². The van der Waals surface area contributed by atoms with E-state index >= 15 is 0 Å². The molecule has 0 aliphatic carbocycles. The van der Waals surface area contributed by atoms with Crippen molar-refractivity contribution in [1.82, 2.24) is 19.7 Å². The van der Waals surface area contributed by atoms with Gasteiger partial charge in [0.2, 0.25) is 5.95 Å². The summed E-state index contributed by atoms with van der Waals surface area (Å²) in [6, 6.07) is 7.94. The molecule has 2 aliphatic rings. The van der Waals surface area contributed by atoms with Crippen LogP contribution in [0, 0.1) is 24.2 Å². The first-order valence-electron chi connectivity index (χ1n) is 11.6. The lowest BCUT2D eigenvalue weighted by Gasteiger charge is -2.22. The van der Waals surface area contributed by atoms with Gasteiger partial charge in [-0.05, 0) is 49.4 Å². The molecule has 2 aliphatic heterocycles. The number of aliphatic hydroxyl groups excluding tert-OH is 1. The van der Waals surface area contributed by atoms with Gasteiger partial charge in [0.25, 0.3) is 0 Å². The predicted molar refractivity (Wildman–Crippen MR) is 129 cm³/mol. The van der Waals surface area contributed by atoms with Crippen LogP contribution in [0.5, 0.6) is 0 Å². The molecule has 0 spiro atoms. The van der Waals surface area contributed by atoms with Crippen molar-refractivity contribution in [2.45, 2.75) is 38.6 Å². The van der Waals surface area contributed by atoms with Gasteiger partial charge in [-0.3, -0.25) is 4.68 Å². The minimum absolute atomic E-state index is 0.00491. The molecule has 1 aromatic carbocycles. The number of hydrogen-bond donors (Lipinski definition) is 3. The van der Waals surface area contributed by atoms with Crippen molar-refractivity contribution >= 4 is 17.3 Å². The fraction of sp³-hybridized carbons (Fsp3) is 0.440. The number of fused-ring (bicyclic) bond motifs is 1. The van der Waals surface area contributed by atoms with Crippen LogP contribution in [-0.4, -0.2) is 51.2 Å². The molecule has 1 unspecified atom stereocenters. The largest absolute Gasteiger partial charge is 0.395 e. The lowest BCUT2D eigenvalue weighted by molar-refractivity contribution is 0.0599. The van der Waals surface area contributed by atoms with Crippen molar-refractivity contribution in [2.24, 2.45) is 5.92 Å². The molecule has 0 saturated carbocycles. The highest BCUT2D eigenvalue weighted by Crippen LogP contribution is 2.41. The van der Waals surface area contributed by atoms with E-state index in [0.29, 0.717) is 29.7 Å². The number of rotatable bonds is 6. The summed E-state index contributed by atoms with van der Waals surface area (Å²) in [7, 11) is 0. The van der Waals surface area contributed by atoms with Crippen molar-refractivity contribution < 1.29 is 9.84 Å². The Bertz CT molecular complexity index is 1240. The SMILES string of the molecule is Cc1c(Nc2nccc(-c3cc(C#N)c4c(c3)C(C)(CO)CN4)n2)cnn1CC1CCOCC1. The van der Waals surface area contributed by atoms with Crippen LogP contribution in [0.4, 0.5) is 17.3 Å². The third kappa shape index (κ3) is 4.11. The number of aromatic nitrogens is 4. The molecule has 0 bridgehead atoms. The zero-order chi connectivity index (χ0) is 23.7. The molecule has 3 aromatic rings. The monoisotopic (exact) mass is 459 g/mol. The average molecular weight is 460 g/mol. The maximum absolute atomic E-state index is 9.96. The van der Waals surface area contributed by atoms with E-state index in [1.54, 1.807) is 6.20 Å². The molecule has 1 saturated heterocycles. The molecule has 9 nitrogen and oxygen atoms in total. The molecule has 4 heterocycles. The summed E-state index contributed by atoms with van der Waals surface area (Å²) >= 11 is 0. The highest BCUT2D eigenvalue weighted by molar-refractivity contribution is 5.76. The minimum atomic E-state index is -0.443. The molecule has 1 atom stereocenters. The van der Waals surface area contributed by atoms with Gasteiger partial charge in [0.15, 0.2) is 0 Å². The lowest BCUT2D eigenvalue weighted by atomic mass is 9.83. The van der Waals surface area contributed by atoms with Gasteiger partial charge < -0.3 is 20.5 Å². The Morgan fingerprint density at radius 1 is 1.35 bits per heavy atom. The standard InChI is InChI=1S/C25H29N7O2/c1-16-22(12-29-32(16)13-17-4-7-34-8-5-17)31-24-27-6-3-21(30-24)18-9-19(11-26)23-20(10-18)25(2,15-33)14-28-23/h3,6,9-10,12,17,28,33H,4-5,7-8,13-15H2,1-2H3,(H,27,30,31). The molecular weight excluding hydrogens is 430 g/mol. The van der Waals surface area contributed by atoms with Crippen LogP contribution >= 0.6 is 0 Å². The molecule has 176 valence electrons. The van der Waals surface area contributed by atoms with E-state index in [1.807, 2.05) is 42.9 Å². The molecule has 2 aromatic heterocycles. The van der Waals surface area contributed by atoms with Crippen molar-refractivity contribution in [2.75, 3.05) is 37.0 Å². The number of nitrogens with one attached hydrogen (secondary N) is 2. The number of hydrogen-bond acceptors (Lipinski definition) is 8. The van der Waals surface area contributed by atoms with Gasteiger partial charge in [-0.1, -0.05) is 6.92 Å². The molecule has 0 amide bonds. The summed E-state index contributed by atoms with van der Waals surface area (Å²) in [6.45, 7) is 7.13. The van der Waals surface area contributed by atoms with Gasteiger partial charge in [-0.15, -0.1) is 0 Å². The fourth-order valence-corrected chi connectivity index (χ4v) is 4.69. The maximum Gasteiger partial charge on any atom is 0.227 e. The van der Waals surface area contributed by atoms with E-state index in [2.05, 4.69) is 26.8 Å². The zero-order valence-corrected chi connectivity index (χ0v) is 19.5. The second-order valence-corrected chi connectivity index (χ2v) is 9.40. The third-order valence-electron chi connectivity index (χ3n) is 6.99. The van der Waals surface area contributed by atoms with Crippen molar-refractivity contribution in [3.8, 4) is 17.3 Å². The Labute approximate surface area is 198 Å². The number of ether oxygens (including phenoxy) is 1. The Balaban J connectivity index is 1.40. The van der Waals surface area contributed by atoms with Gasteiger partial charge in [0, 0.05) is 43.5 Å². The van der Waals surface area contributed by atoms with E-state index in [0.717, 1.165) is 60.8 Å².